The van der Waals surface area contributed by atoms with Crippen molar-refractivity contribution in [3.8, 4) is 5.75 Å². The lowest BCUT2D eigenvalue weighted by atomic mass is 9.87. The van der Waals surface area contributed by atoms with E-state index in [4.69, 9.17) is 9.72 Å². The van der Waals surface area contributed by atoms with Crippen molar-refractivity contribution in [2.45, 2.75) is 12.3 Å². The number of rotatable bonds is 5. The van der Waals surface area contributed by atoms with E-state index in [1.54, 1.807) is 0 Å². The van der Waals surface area contributed by atoms with Crippen LogP contribution in [-0.2, 0) is 6.42 Å². The third-order valence-corrected chi connectivity index (χ3v) is 5.45. The molecule has 0 saturated heterocycles. The summed E-state index contributed by atoms with van der Waals surface area (Å²) in [4.78, 5) is 15.7. The van der Waals surface area contributed by atoms with Crippen molar-refractivity contribution in [2.75, 3.05) is 18.1 Å². The van der Waals surface area contributed by atoms with E-state index in [-0.39, 0.29) is 5.92 Å². The summed E-state index contributed by atoms with van der Waals surface area (Å²) < 4.78 is 5.85. The fourth-order valence-corrected chi connectivity index (χ4v) is 4.03. The monoisotopic (exact) mass is 394 g/mol. The first-order valence-corrected chi connectivity index (χ1v) is 10.1. The van der Waals surface area contributed by atoms with Gasteiger partial charge in [0.05, 0.1) is 12.2 Å². The highest BCUT2D eigenvalue weighted by Gasteiger charge is 2.24. The van der Waals surface area contributed by atoms with Gasteiger partial charge in [0.15, 0.2) is 0 Å². The Hall–Kier alpha value is -3.73. The average Bonchev–Trinajstić information content (AvgIpc) is 2.83. The van der Waals surface area contributed by atoms with Crippen LogP contribution in [-0.4, -0.2) is 28.1 Å². The summed E-state index contributed by atoms with van der Waals surface area (Å²) in [5, 5.41) is 0. The Balaban J connectivity index is 1.55. The van der Waals surface area contributed by atoms with Crippen LogP contribution in [0.3, 0.4) is 0 Å². The van der Waals surface area contributed by atoms with Crippen LogP contribution >= 0.6 is 0 Å². The molecule has 4 heterocycles. The second-order valence-corrected chi connectivity index (χ2v) is 7.28. The standard InChI is InChI=1S/C25H22N4O/c1-2-10-24-23(9-1)29(14-15-30-24)25-19(6-5-13-28-25)16-22(20-7-3-11-26-17-20)21-8-4-12-27-18-21/h1-13,17-18,22H,14-16H2. The molecule has 0 bridgehead atoms. The SMILES string of the molecule is c1cncc(C(Cc2cccnc2N2CCOc3ccccc32)c2cccnc2)c1. The highest BCUT2D eigenvalue weighted by atomic mass is 16.5. The predicted molar refractivity (Wildman–Crippen MR) is 117 cm³/mol. The molecule has 30 heavy (non-hydrogen) atoms. The lowest BCUT2D eigenvalue weighted by Crippen LogP contribution is -2.30. The van der Waals surface area contributed by atoms with Gasteiger partial charge < -0.3 is 9.64 Å². The number of anilines is 2. The predicted octanol–water partition coefficient (Wildman–Crippen LogP) is 4.78. The number of nitrogens with zero attached hydrogens (tertiary/aromatic N) is 4. The van der Waals surface area contributed by atoms with Crippen LogP contribution in [0.4, 0.5) is 11.5 Å². The fraction of sp³-hybridized carbons (Fsp3) is 0.160. The molecule has 5 heteroatoms. The maximum Gasteiger partial charge on any atom is 0.143 e. The van der Waals surface area contributed by atoms with Gasteiger partial charge in [0.25, 0.3) is 0 Å². The van der Waals surface area contributed by atoms with Crippen LogP contribution < -0.4 is 9.64 Å². The largest absolute Gasteiger partial charge is 0.490 e. The minimum absolute atomic E-state index is 0.145. The minimum atomic E-state index is 0.145. The summed E-state index contributed by atoms with van der Waals surface area (Å²) in [6, 6.07) is 20.6. The molecule has 0 amide bonds. The molecule has 0 fully saturated rings. The summed E-state index contributed by atoms with van der Waals surface area (Å²) in [7, 11) is 0. The Morgan fingerprint density at radius 2 is 1.57 bits per heavy atom. The van der Waals surface area contributed by atoms with Crippen LogP contribution in [0.5, 0.6) is 5.75 Å². The highest BCUT2D eigenvalue weighted by Crippen LogP contribution is 2.38. The number of hydrogen-bond donors (Lipinski definition) is 0. The molecule has 0 atom stereocenters. The smallest absolute Gasteiger partial charge is 0.143 e. The normalized spacial score (nSPS) is 13.0. The lowest BCUT2D eigenvalue weighted by molar-refractivity contribution is 0.313. The molecule has 1 aromatic carbocycles. The van der Waals surface area contributed by atoms with Crippen molar-refractivity contribution in [1.82, 2.24) is 15.0 Å². The summed E-state index contributed by atoms with van der Waals surface area (Å²) in [5.74, 6) is 2.02. The Morgan fingerprint density at radius 1 is 0.833 bits per heavy atom. The number of hydrogen-bond acceptors (Lipinski definition) is 5. The van der Waals surface area contributed by atoms with Gasteiger partial charge in [-0.15, -0.1) is 0 Å². The van der Waals surface area contributed by atoms with E-state index < -0.39 is 0 Å². The van der Waals surface area contributed by atoms with Crippen LogP contribution in [0.2, 0.25) is 0 Å². The summed E-state index contributed by atoms with van der Waals surface area (Å²) in [6.45, 7) is 1.41. The maximum atomic E-state index is 5.85. The van der Waals surface area contributed by atoms with Gasteiger partial charge in [-0.05, 0) is 53.4 Å². The number of pyridine rings is 3. The Bertz CT molecular complexity index is 1080. The zero-order valence-electron chi connectivity index (χ0n) is 16.6. The Labute approximate surface area is 176 Å². The third kappa shape index (κ3) is 3.62. The average molecular weight is 394 g/mol. The lowest BCUT2D eigenvalue weighted by Gasteiger charge is -2.32. The summed E-state index contributed by atoms with van der Waals surface area (Å²) in [5.41, 5.74) is 4.58. The van der Waals surface area contributed by atoms with Gasteiger partial charge in [-0.3, -0.25) is 9.97 Å². The van der Waals surface area contributed by atoms with Gasteiger partial charge in [0.1, 0.15) is 18.2 Å². The molecule has 5 rings (SSSR count). The number of para-hydroxylation sites is 2. The van der Waals surface area contributed by atoms with Gasteiger partial charge in [-0.2, -0.15) is 0 Å². The number of aromatic nitrogens is 3. The van der Waals surface area contributed by atoms with E-state index in [2.05, 4.69) is 39.1 Å². The zero-order chi connectivity index (χ0) is 20.2. The molecule has 0 saturated carbocycles. The molecule has 0 N–H and O–H groups in total. The molecule has 148 valence electrons. The molecule has 1 aliphatic rings. The van der Waals surface area contributed by atoms with Crippen molar-refractivity contribution >= 4 is 11.5 Å². The van der Waals surface area contributed by atoms with Gasteiger partial charge in [0.2, 0.25) is 0 Å². The number of fused-ring (bicyclic) bond motifs is 1. The molecular weight excluding hydrogens is 372 g/mol. The minimum Gasteiger partial charge on any atom is -0.490 e. The molecule has 3 aromatic heterocycles. The fourth-order valence-electron chi connectivity index (χ4n) is 4.03. The van der Waals surface area contributed by atoms with Crippen molar-refractivity contribution in [3.63, 3.8) is 0 Å². The van der Waals surface area contributed by atoms with Crippen molar-refractivity contribution in [3.05, 3.63) is 108 Å². The highest BCUT2D eigenvalue weighted by molar-refractivity contribution is 5.70. The maximum absolute atomic E-state index is 5.85. The van der Waals surface area contributed by atoms with Gasteiger partial charge in [-0.1, -0.05) is 30.3 Å². The van der Waals surface area contributed by atoms with Crippen LogP contribution in [0.25, 0.3) is 0 Å². The van der Waals surface area contributed by atoms with Crippen LogP contribution in [0.15, 0.2) is 91.6 Å². The number of ether oxygens (including phenoxy) is 1. The van der Waals surface area contributed by atoms with Crippen LogP contribution in [0.1, 0.15) is 22.6 Å². The third-order valence-electron chi connectivity index (χ3n) is 5.45. The Morgan fingerprint density at radius 3 is 2.30 bits per heavy atom. The topological polar surface area (TPSA) is 51.1 Å². The van der Waals surface area contributed by atoms with E-state index in [1.165, 1.54) is 16.7 Å². The summed E-state index contributed by atoms with van der Waals surface area (Å²) >= 11 is 0. The molecule has 0 unspecified atom stereocenters. The van der Waals surface area contributed by atoms with Crippen molar-refractivity contribution in [2.24, 2.45) is 0 Å². The zero-order valence-corrected chi connectivity index (χ0v) is 16.6. The Kier molecular flexibility index (Phi) is 5.08. The molecule has 0 aliphatic carbocycles. The van der Waals surface area contributed by atoms with Gasteiger partial charge in [-0.25, -0.2) is 4.98 Å². The molecule has 4 aromatic rings. The van der Waals surface area contributed by atoms with E-state index in [9.17, 15) is 0 Å². The second-order valence-electron chi connectivity index (χ2n) is 7.28. The number of benzene rings is 1. The van der Waals surface area contributed by atoms with Crippen molar-refractivity contribution in [1.29, 1.82) is 0 Å². The second kappa shape index (κ2) is 8.33. The molecular formula is C25H22N4O. The van der Waals surface area contributed by atoms with Crippen molar-refractivity contribution < 1.29 is 4.74 Å². The quantitative estimate of drug-likeness (QED) is 0.488. The van der Waals surface area contributed by atoms with E-state index in [1.807, 2.05) is 67.4 Å². The molecule has 5 nitrogen and oxygen atoms in total. The summed E-state index contributed by atoms with van der Waals surface area (Å²) in [6.07, 6.45) is 10.2. The molecule has 0 spiro atoms. The molecule has 0 radical (unpaired) electrons. The van der Waals surface area contributed by atoms with E-state index in [0.717, 1.165) is 30.2 Å². The first kappa shape index (κ1) is 18.3. The first-order valence-electron chi connectivity index (χ1n) is 10.1. The van der Waals surface area contributed by atoms with Gasteiger partial charge in [0, 0.05) is 36.9 Å². The van der Waals surface area contributed by atoms with E-state index in [0.29, 0.717) is 6.61 Å². The van der Waals surface area contributed by atoms with Crippen LogP contribution in [0, 0.1) is 0 Å². The molecule has 1 aliphatic heterocycles. The van der Waals surface area contributed by atoms with Gasteiger partial charge >= 0.3 is 0 Å². The van der Waals surface area contributed by atoms with E-state index >= 15 is 0 Å². The first-order chi connectivity index (χ1) is 14.9.